The smallest absolute Gasteiger partial charge is 0.291 e. The zero-order chi connectivity index (χ0) is 20.9. The quantitative estimate of drug-likeness (QED) is 0.478. The van der Waals surface area contributed by atoms with E-state index in [-0.39, 0.29) is 11.4 Å². The van der Waals surface area contributed by atoms with Crippen molar-refractivity contribution >= 4 is 23.2 Å². The van der Waals surface area contributed by atoms with Gasteiger partial charge in [-0.2, -0.15) is 0 Å². The molecule has 150 valence electrons. The molecule has 2 amide bonds. The molecular formula is C21H16N4O4S. The van der Waals surface area contributed by atoms with E-state index in [1.54, 1.807) is 12.5 Å². The van der Waals surface area contributed by atoms with Gasteiger partial charge < -0.3 is 9.26 Å². The van der Waals surface area contributed by atoms with Gasteiger partial charge in [0.2, 0.25) is 0 Å². The van der Waals surface area contributed by atoms with Crippen molar-refractivity contribution < 1.29 is 18.8 Å². The third-order valence-corrected chi connectivity index (χ3v) is 5.06. The minimum atomic E-state index is -0.597. The number of thiazole rings is 1. The van der Waals surface area contributed by atoms with Crippen molar-refractivity contribution in [3.05, 3.63) is 77.4 Å². The molecule has 4 aromatic rings. The highest BCUT2D eigenvalue weighted by Gasteiger charge is 2.16. The lowest BCUT2D eigenvalue weighted by atomic mass is 10.1. The number of amides is 2. The molecule has 0 bridgehead atoms. The summed E-state index contributed by atoms with van der Waals surface area (Å²) >= 11 is 1.32. The van der Waals surface area contributed by atoms with Gasteiger partial charge in [-0.25, -0.2) is 4.98 Å². The maximum atomic E-state index is 12.3. The highest BCUT2D eigenvalue weighted by Crippen LogP contribution is 2.25. The standard InChI is InChI=1S/C21H16N4O4S/c1-28-15-9-7-14(8-10-15)21-22-17(12-30-21)20(27)24-23-19(26)16-11-18(29-25-16)13-5-3-2-4-6-13/h2-12H,1H3,(H,23,26)(H,24,27). The third-order valence-electron chi connectivity index (χ3n) is 4.16. The third kappa shape index (κ3) is 4.20. The van der Waals surface area contributed by atoms with Crippen LogP contribution in [0.15, 0.2) is 70.6 Å². The molecule has 0 unspecified atom stereocenters. The highest BCUT2D eigenvalue weighted by atomic mass is 32.1. The van der Waals surface area contributed by atoms with Gasteiger partial charge in [-0.05, 0) is 24.3 Å². The van der Waals surface area contributed by atoms with Gasteiger partial charge in [-0.1, -0.05) is 35.5 Å². The van der Waals surface area contributed by atoms with Crippen LogP contribution in [-0.4, -0.2) is 29.1 Å². The number of carbonyl (C=O) groups is 2. The topological polar surface area (TPSA) is 106 Å². The largest absolute Gasteiger partial charge is 0.497 e. The average molecular weight is 420 g/mol. The van der Waals surface area contributed by atoms with Crippen LogP contribution < -0.4 is 15.6 Å². The lowest BCUT2D eigenvalue weighted by Crippen LogP contribution is -2.41. The van der Waals surface area contributed by atoms with Gasteiger partial charge in [0.05, 0.1) is 7.11 Å². The molecule has 0 spiro atoms. The van der Waals surface area contributed by atoms with Crippen molar-refractivity contribution in [3.8, 4) is 27.6 Å². The second-order valence-electron chi connectivity index (χ2n) is 6.12. The van der Waals surface area contributed by atoms with Gasteiger partial charge in [0.25, 0.3) is 11.8 Å². The molecule has 0 aliphatic heterocycles. The number of nitrogens with one attached hydrogen (secondary N) is 2. The molecule has 30 heavy (non-hydrogen) atoms. The Morgan fingerprint density at radius 3 is 2.33 bits per heavy atom. The van der Waals surface area contributed by atoms with E-state index in [2.05, 4.69) is 21.0 Å². The zero-order valence-corrected chi connectivity index (χ0v) is 16.6. The number of aromatic nitrogens is 2. The van der Waals surface area contributed by atoms with E-state index in [9.17, 15) is 9.59 Å². The predicted molar refractivity (Wildman–Crippen MR) is 111 cm³/mol. The van der Waals surface area contributed by atoms with Gasteiger partial charge in [0, 0.05) is 22.6 Å². The fraction of sp³-hybridized carbons (Fsp3) is 0.0476. The van der Waals surface area contributed by atoms with Crippen LogP contribution in [0.1, 0.15) is 21.0 Å². The number of hydrazine groups is 1. The van der Waals surface area contributed by atoms with E-state index in [1.807, 2.05) is 54.6 Å². The fourth-order valence-corrected chi connectivity index (χ4v) is 3.41. The maximum absolute atomic E-state index is 12.3. The molecule has 8 nitrogen and oxygen atoms in total. The number of benzene rings is 2. The van der Waals surface area contributed by atoms with Gasteiger partial charge in [-0.15, -0.1) is 11.3 Å². The van der Waals surface area contributed by atoms with Crippen molar-refractivity contribution in [2.45, 2.75) is 0 Å². The zero-order valence-electron chi connectivity index (χ0n) is 15.8. The molecule has 0 radical (unpaired) electrons. The van der Waals surface area contributed by atoms with Gasteiger partial charge in [0.1, 0.15) is 16.5 Å². The Hall–Kier alpha value is -3.98. The van der Waals surface area contributed by atoms with E-state index in [4.69, 9.17) is 9.26 Å². The molecule has 0 saturated carbocycles. The molecule has 0 aliphatic rings. The van der Waals surface area contributed by atoms with Gasteiger partial charge in [0.15, 0.2) is 11.5 Å². The molecule has 4 rings (SSSR count). The molecule has 2 heterocycles. The molecule has 0 atom stereocenters. The second-order valence-corrected chi connectivity index (χ2v) is 6.98. The Morgan fingerprint density at radius 2 is 1.63 bits per heavy atom. The molecule has 0 fully saturated rings. The number of methoxy groups -OCH3 is 1. The summed E-state index contributed by atoms with van der Waals surface area (Å²) in [7, 11) is 1.59. The van der Waals surface area contributed by atoms with Crippen molar-refractivity contribution in [2.24, 2.45) is 0 Å². The van der Waals surface area contributed by atoms with Crippen molar-refractivity contribution in [1.82, 2.24) is 21.0 Å². The Labute approximate surface area is 175 Å². The van der Waals surface area contributed by atoms with Crippen molar-refractivity contribution in [2.75, 3.05) is 7.11 Å². The Balaban J connectivity index is 1.37. The average Bonchev–Trinajstić information content (AvgIpc) is 3.48. The normalized spacial score (nSPS) is 10.4. The molecule has 9 heteroatoms. The van der Waals surface area contributed by atoms with Crippen LogP contribution in [0.5, 0.6) is 5.75 Å². The number of hydrogen-bond acceptors (Lipinski definition) is 7. The number of carbonyl (C=O) groups excluding carboxylic acids is 2. The Bertz CT molecular complexity index is 1170. The van der Waals surface area contributed by atoms with E-state index in [0.29, 0.717) is 10.8 Å². The van der Waals surface area contributed by atoms with E-state index >= 15 is 0 Å². The van der Waals surface area contributed by atoms with Gasteiger partial charge in [-0.3, -0.25) is 20.4 Å². The highest BCUT2D eigenvalue weighted by molar-refractivity contribution is 7.13. The predicted octanol–water partition coefficient (Wildman–Crippen LogP) is 3.55. The van der Waals surface area contributed by atoms with Crippen LogP contribution in [0.3, 0.4) is 0 Å². The summed E-state index contributed by atoms with van der Waals surface area (Å²) in [4.78, 5) is 28.9. The van der Waals surface area contributed by atoms with Gasteiger partial charge >= 0.3 is 0 Å². The maximum Gasteiger partial charge on any atom is 0.291 e. The molecule has 2 aromatic heterocycles. The van der Waals surface area contributed by atoms with Crippen LogP contribution in [0.2, 0.25) is 0 Å². The van der Waals surface area contributed by atoms with Crippen molar-refractivity contribution in [3.63, 3.8) is 0 Å². The van der Waals surface area contributed by atoms with Crippen LogP contribution >= 0.6 is 11.3 Å². The summed E-state index contributed by atoms with van der Waals surface area (Å²) in [5, 5.41) is 6.03. The van der Waals surface area contributed by atoms with E-state index in [1.165, 1.54) is 17.4 Å². The summed E-state index contributed by atoms with van der Waals surface area (Å²) in [5.41, 5.74) is 6.54. The first kappa shape index (κ1) is 19.3. The second kappa shape index (κ2) is 8.58. The van der Waals surface area contributed by atoms with E-state index < -0.39 is 11.8 Å². The summed E-state index contributed by atoms with van der Waals surface area (Å²) in [5.74, 6) is 0.0565. The minimum absolute atomic E-state index is 0.0475. The molecule has 2 N–H and O–H groups in total. The number of rotatable bonds is 5. The first-order valence-electron chi connectivity index (χ1n) is 8.87. The first-order valence-corrected chi connectivity index (χ1v) is 9.75. The molecule has 0 saturated heterocycles. The summed E-state index contributed by atoms with van der Waals surface area (Å²) in [6.07, 6.45) is 0. The van der Waals surface area contributed by atoms with Crippen LogP contribution in [-0.2, 0) is 0 Å². The SMILES string of the molecule is COc1ccc(-c2nc(C(=O)NNC(=O)c3cc(-c4ccccc4)on3)cs2)cc1. The molecular weight excluding hydrogens is 404 g/mol. The first-order chi connectivity index (χ1) is 14.6. The van der Waals surface area contributed by atoms with Crippen LogP contribution in [0.25, 0.3) is 21.9 Å². The van der Waals surface area contributed by atoms with Crippen molar-refractivity contribution in [1.29, 1.82) is 0 Å². The summed E-state index contributed by atoms with van der Waals surface area (Å²) < 4.78 is 10.3. The molecule has 2 aromatic carbocycles. The fourth-order valence-electron chi connectivity index (χ4n) is 2.61. The molecule has 0 aliphatic carbocycles. The number of ether oxygens (including phenoxy) is 1. The van der Waals surface area contributed by atoms with Crippen LogP contribution in [0, 0.1) is 0 Å². The Morgan fingerprint density at radius 1 is 0.933 bits per heavy atom. The number of hydrogen-bond donors (Lipinski definition) is 2. The minimum Gasteiger partial charge on any atom is -0.497 e. The summed E-state index contributed by atoms with van der Waals surface area (Å²) in [6, 6.07) is 18.1. The monoisotopic (exact) mass is 420 g/mol. The lowest BCUT2D eigenvalue weighted by Gasteiger charge is -2.03. The Kier molecular flexibility index (Phi) is 5.53. The lowest BCUT2D eigenvalue weighted by molar-refractivity contribution is 0.0839. The van der Waals surface area contributed by atoms with E-state index in [0.717, 1.165) is 16.9 Å². The number of nitrogens with zero attached hydrogens (tertiary/aromatic N) is 2. The summed E-state index contributed by atoms with van der Waals surface area (Å²) in [6.45, 7) is 0. The van der Waals surface area contributed by atoms with Crippen LogP contribution in [0.4, 0.5) is 0 Å².